The summed E-state index contributed by atoms with van der Waals surface area (Å²) in [6.07, 6.45) is 3.59. The molecule has 0 aromatic carbocycles. The lowest BCUT2D eigenvalue weighted by Crippen LogP contribution is -2.28. The van der Waals surface area contributed by atoms with Crippen molar-refractivity contribution < 1.29 is 17.9 Å². The number of hydrogen-bond donors (Lipinski definition) is 2. The van der Waals surface area contributed by atoms with E-state index >= 15 is 0 Å². The van der Waals surface area contributed by atoms with Crippen molar-refractivity contribution >= 4 is 21.3 Å². The molecule has 0 radical (unpaired) electrons. The molecule has 0 aliphatic rings. The number of rotatable bonds is 6. The Hall–Kier alpha value is -2.52. The van der Waals surface area contributed by atoms with Gasteiger partial charge >= 0.3 is 0 Å². The third-order valence-corrected chi connectivity index (χ3v) is 6.80. The highest BCUT2D eigenvalue weighted by Crippen LogP contribution is 2.28. The fourth-order valence-electron chi connectivity index (χ4n) is 2.72. The fourth-order valence-corrected chi connectivity index (χ4v) is 3.92. The lowest BCUT2D eigenvalue weighted by Gasteiger charge is -2.19. The Morgan fingerprint density at radius 2 is 2.00 bits per heavy atom. The van der Waals surface area contributed by atoms with E-state index in [4.69, 9.17) is 5.11 Å². The Morgan fingerprint density at radius 3 is 2.68 bits per heavy atom. The van der Waals surface area contributed by atoms with E-state index in [9.17, 15) is 12.8 Å². The van der Waals surface area contributed by atoms with Crippen molar-refractivity contribution in [2.45, 2.75) is 36.8 Å². The van der Waals surface area contributed by atoms with Crippen LogP contribution in [0.3, 0.4) is 0 Å². The first-order chi connectivity index (χ1) is 13.1. The zero-order valence-electron chi connectivity index (χ0n) is 16.0. The van der Waals surface area contributed by atoms with Gasteiger partial charge in [0.05, 0.1) is 21.5 Å². The van der Waals surface area contributed by atoms with E-state index in [0.29, 0.717) is 35.7 Å². The van der Waals surface area contributed by atoms with E-state index in [-0.39, 0.29) is 11.5 Å². The molecule has 9 heteroatoms. The summed E-state index contributed by atoms with van der Waals surface area (Å²) in [4.78, 5) is 8.26. The Morgan fingerprint density at radius 1 is 1.25 bits per heavy atom. The minimum atomic E-state index is -3.55. The molecule has 0 atom stereocenters. The second-order valence-electron chi connectivity index (χ2n) is 7.42. The van der Waals surface area contributed by atoms with Crippen molar-refractivity contribution in [3.05, 3.63) is 42.6 Å². The average Bonchev–Trinajstić information content (AvgIpc) is 3.03. The standard InChI is InChI=1S/C19H23FN4O3S/c1-19(2,3)28(26,27)14-5-6-18-22-11-15(24(18)12-14)13-9-16(20)23-17(10-13)21-7-4-8-25/h5-6,9-12,25H,4,7-8H2,1-3H3,(H,21,23). The van der Waals surface area contributed by atoms with Gasteiger partial charge in [0, 0.05) is 31.0 Å². The second kappa shape index (κ2) is 7.48. The molecule has 150 valence electrons. The minimum absolute atomic E-state index is 0.0213. The van der Waals surface area contributed by atoms with Gasteiger partial charge in [0.15, 0.2) is 9.84 Å². The Kier molecular flexibility index (Phi) is 5.40. The van der Waals surface area contributed by atoms with Crippen molar-refractivity contribution in [2.75, 3.05) is 18.5 Å². The maximum Gasteiger partial charge on any atom is 0.215 e. The molecular formula is C19H23FN4O3S. The average molecular weight is 406 g/mol. The molecule has 3 aromatic heterocycles. The highest BCUT2D eigenvalue weighted by Gasteiger charge is 2.31. The van der Waals surface area contributed by atoms with Gasteiger partial charge in [-0.2, -0.15) is 4.39 Å². The predicted octanol–water partition coefficient (Wildman–Crippen LogP) is 2.90. The summed E-state index contributed by atoms with van der Waals surface area (Å²) in [5, 5.41) is 11.8. The van der Waals surface area contributed by atoms with Crippen LogP contribution in [0.1, 0.15) is 27.2 Å². The molecule has 28 heavy (non-hydrogen) atoms. The van der Waals surface area contributed by atoms with Crippen LogP contribution in [0.4, 0.5) is 10.2 Å². The van der Waals surface area contributed by atoms with Gasteiger partial charge in [0.2, 0.25) is 5.95 Å². The maximum absolute atomic E-state index is 14.0. The monoisotopic (exact) mass is 406 g/mol. The third kappa shape index (κ3) is 3.85. The number of anilines is 1. The summed E-state index contributed by atoms with van der Waals surface area (Å²) in [6.45, 7) is 5.40. The molecule has 0 aliphatic carbocycles. The van der Waals surface area contributed by atoms with Gasteiger partial charge in [-0.05, 0) is 45.4 Å². The fraction of sp³-hybridized carbons (Fsp3) is 0.368. The Labute approximate surface area is 163 Å². The summed E-state index contributed by atoms with van der Waals surface area (Å²) >= 11 is 0. The van der Waals surface area contributed by atoms with E-state index in [2.05, 4.69) is 15.3 Å². The van der Waals surface area contributed by atoms with Gasteiger partial charge in [-0.1, -0.05) is 0 Å². The first-order valence-electron chi connectivity index (χ1n) is 8.88. The summed E-state index contributed by atoms with van der Waals surface area (Å²) in [7, 11) is -3.55. The highest BCUT2D eigenvalue weighted by atomic mass is 32.2. The minimum Gasteiger partial charge on any atom is -0.396 e. The number of imidazole rings is 1. The first kappa shape index (κ1) is 20.2. The molecule has 0 fully saturated rings. The quantitative estimate of drug-likeness (QED) is 0.483. The largest absolute Gasteiger partial charge is 0.396 e. The molecule has 0 saturated carbocycles. The normalized spacial score (nSPS) is 12.5. The first-order valence-corrected chi connectivity index (χ1v) is 10.4. The number of nitrogens with one attached hydrogen (secondary N) is 1. The number of sulfone groups is 1. The van der Waals surface area contributed by atoms with E-state index in [1.165, 1.54) is 18.3 Å². The van der Waals surface area contributed by atoms with Crippen LogP contribution in [0.15, 0.2) is 41.6 Å². The molecule has 0 spiro atoms. The summed E-state index contributed by atoms with van der Waals surface area (Å²) in [5.74, 6) is -0.339. The smallest absolute Gasteiger partial charge is 0.215 e. The maximum atomic E-state index is 14.0. The molecule has 0 bridgehead atoms. The van der Waals surface area contributed by atoms with Crippen LogP contribution < -0.4 is 5.32 Å². The summed E-state index contributed by atoms with van der Waals surface area (Å²) in [6, 6.07) is 6.09. The second-order valence-corrected chi connectivity index (χ2v) is 10.1. The molecule has 7 nitrogen and oxygen atoms in total. The Balaban J connectivity index is 2.08. The number of aliphatic hydroxyl groups is 1. The zero-order chi connectivity index (χ0) is 20.5. The summed E-state index contributed by atoms with van der Waals surface area (Å²) in [5.41, 5.74) is 1.61. The topological polar surface area (TPSA) is 96.6 Å². The van der Waals surface area contributed by atoms with E-state index in [1.54, 1.807) is 43.5 Å². The lowest BCUT2D eigenvalue weighted by molar-refractivity contribution is 0.292. The van der Waals surface area contributed by atoms with Crippen LogP contribution in [-0.4, -0.2) is 45.8 Å². The van der Waals surface area contributed by atoms with Crippen LogP contribution in [0.25, 0.3) is 16.9 Å². The van der Waals surface area contributed by atoms with Crippen molar-refractivity contribution in [1.82, 2.24) is 14.4 Å². The van der Waals surface area contributed by atoms with Crippen LogP contribution in [-0.2, 0) is 9.84 Å². The van der Waals surface area contributed by atoms with Crippen LogP contribution >= 0.6 is 0 Å². The van der Waals surface area contributed by atoms with Crippen LogP contribution in [0, 0.1) is 5.95 Å². The zero-order valence-corrected chi connectivity index (χ0v) is 16.8. The number of pyridine rings is 2. The van der Waals surface area contributed by atoms with Crippen molar-refractivity contribution in [1.29, 1.82) is 0 Å². The molecule has 0 aliphatic heterocycles. The SMILES string of the molecule is CC(C)(C)S(=O)(=O)c1ccc2ncc(-c3cc(F)nc(NCCCO)c3)n2c1. The molecule has 3 rings (SSSR count). The molecule has 0 saturated heterocycles. The van der Waals surface area contributed by atoms with Gasteiger partial charge in [-0.25, -0.2) is 18.4 Å². The van der Waals surface area contributed by atoms with Gasteiger partial charge in [0.1, 0.15) is 11.5 Å². The van der Waals surface area contributed by atoms with Gasteiger partial charge in [0.25, 0.3) is 0 Å². The molecule has 0 unspecified atom stereocenters. The molecule has 0 amide bonds. The van der Waals surface area contributed by atoms with E-state index in [0.717, 1.165) is 0 Å². The van der Waals surface area contributed by atoms with Gasteiger partial charge in [-0.3, -0.25) is 4.40 Å². The molecular weight excluding hydrogens is 383 g/mol. The van der Waals surface area contributed by atoms with Crippen molar-refractivity contribution in [3.63, 3.8) is 0 Å². The number of aromatic nitrogens is 3. The van der Waals surface area contributed by atoms with Gasteiger partial charge < -0.3 is 10.4 Å². The molecule has 3 aromatic rings. The molecule has 3 heterocycles. The van der Waals surface area contributed by atoms with Gasteiger partial charge in [-0.15, -0.1) is 0 Å². The molecule has 2 N–H and O–H groups in total. The van der Waals surface area contributed by atoms with Crippen LogP contribution in [0.5, 0.6) is 0 Å². The lowest BCUT2D eigenvalue weighted by atomic mass is 10.2. The van der Waals surface area contributed by atoms with Crippen molar-refractivity contribution in [3.8, 4) is 11.3 Å². The number of aliphatic hydroxyl groups excluding tert-OH is 1. The van der Waals surface area contributed by atoms with E-state index < -0.39 is 20.5 Å². The Bertz CT molecular complexity index is 1100. The highest BCUT2D eigenvalue weighted by molar-refractivity contribution is 7.92. The number of fused-ring (bicyclic) bond motifs is 1. The predicted molar refractivity (Wildman–Crippen MR) is 106 cm³/mol. The summed E-state index contributed by atoms with van der Waals surface area (Å²) < 4.78 is 40.3. The third-order valence-electron chi connectivity index (χ3n) is 4.33. The van der Waals surface area contributed by atoms with Crippen molar-refractivity contribution in [2.24, 2.45) is 0 Å². The number of nitrogens with zero attached hydrogens (tertiary/aromatic N) is 3. The number of halogens is 1. The van der Waals surface area contributed by atoms with E-state index in [1.807, 2.05) is 0 Å². The van der Waals surface area contributed by atoms with Crippen LogP contribution in [0.2, 0.25) is 0 Å². The number of hydrogen-bond acceptors (Lipinski definition) is 6.